The third-order valence-electron chi connectivity index (χ3n) is 10.6. The number of nitrogens with two attached hydrogens (primary N) is 1. The van der Waals surface area contributed by atoms with E-state index in [2.05, 4.69) is 36.1 Å². The fraction of sp³-hybridized carbons (Fsp3) is 0.778. The van der Waals surface area contributed by atoms with Gasteiger partial charge in [0.15, 0.2) is 0 Å². The topological polar surface area (TPSA) is 244 Å². The molecule has 5 unspecified atom stereocenters. The number of alkyl carbamates (subject to hydrolysis) is 2. The Morgan fingerprint density at radius 2 is 1.40 bits per heavy atom. The number of methoxy groups -OCH3 is 2. The summed E-state index contributed by atoms with van der Waals surface area (Å²) in [6.45, 7) is 6.84. The molecule has 1 saturated heterocycles. The SMILES string of the molecule is CCCC(NC(=O)[C@@H]1CC2CCCCC2N1C(=O)[C@@H](NC(=O)C(NC(=O)C(CNC(=O)OC)NC(=O)OC)C1CCCCC1)C(C)(C)C)C(=O)C(N)=O. The quantitative estimate of drug-likeness (QED) is 0.131. The van der Waals surface area contributed by atoms with Gasteiger partial charge in [-0.05, 0) is 55.8 Å². The average molecular weight is 750 g/mol. The number of carbonyl (C=O) groups is 8. The van der Waals surface area contributed by atoms with Gasteiger partial charge in [-0.1, -0.05) is 66.2 Å². The number of hydrogen-bond donors (Lipinski definition) is 6. The predicted octanol–water partition coefficient (Wildman–Crippen LogP) is 1.16. The number of carbonyl (C=O) groups excluding carboxylic acids is 8. The fourth-order valence-corrected chi connectivity index (χ4v) is 7.82. The maximum absolute atomic E-state index is 14.8. The lowest BCUT2D eigenvalue weighted by Gasteiger charge is -2.40. The van der Waals surface area contributed by atoms with E-state index in [4.69, 9.17) is 5.73 Å². The van der Waals surface area contributed by atoms with Gasteiger partial charge in [-0.15, -0.1) is 0 Å². The Morgan fingerprint density at radius 1 is 0.774 bits per heavy atom. The molecule has 298 valence electrons. The number of hydrogen-bond acceptors (Lipinski definition) is 10. The van der Waals surface area contributed by atoms with E-state index in [9.17, 15) is 38.4 Å². The Balaban J connectivity index is 1.93. The van der Waals surface area contributed by atoms with Crippen LogP contribution in [0, 0.1) is 17.3 Å². The van der Waals surface area contributed by atoms with Gasteiger partial charge in [-0.2, -0.15) is 0 Å². The highest BCUT2D eigenvalue weighted by Crippen LogP contribution is 2.41. The summed E-state index contributed by atoms with van der Waals surface area (Å²) in [6.07, 6.45) is 6.44. The van der Waals surface area contributed by atoms with Crippen LogP contribution in [-0.4, -0.2) is 109 Å². The molecule has 3 aliphatic rings. The van der Waals surface area contributed by atoms with Crippen LogP contribution in [-0.2, 0) is 38.2 Å². The molecule has 3 fully saturated rings. The van der Waals surface area contributed by atoms with Crippen molar-refractivity contribution in [3.8, 4) is 0 Å². The average Bonchev–Trinajstić information content (AvgIpc) is 3.53. The van der Waals surface area contributed by atoms with Crippen LogP contribution in [0.4, 0.5) is 9.59 Å². The summed E-state index contributed by atoms with van der Waals surface area (Å²) in [5.74, 6) is -4.71. The second-order valence-electron chi connectivity index (χ2n) is 15.4. The molecule has 17 heteroatoms. The lowest BCUT2D eigenvalue weighted by Crippen LogP contribution is -2.64. The molecule has 1 heterocycles. The van der Waals surface area contributed by atoms with Gasteiger partial charge < -0.3 is 46.7 Å². The zero-order valence-corrected chi connectivity index (χ0v) is 31.9. The van der Waals surface area contributed by atoms with Gasteiger partial charge in [0.25, 0.3) is 5.91 Å². The molecule has 2 saturated carbocycles. The van der Waals surface area contributed by atoms with Crippen LogP contribution in [0.2, 0.25) is 0 Å². The second-order valence-corrected chi connectivity index (χ2v) is 15.4. The van der Waals surface area contributed by atoms with Gasteiger partial charge in [-0.3, -0.25) is 28.8 Å². The highest BCUT2D eigenvalue weighted by molar-refractivity contribution is 6.37. The van der Waals surface area contributed by atoms with Crippen molar-refractivity contribution in [1.82, 2.24) is 31.5 Å². The second kappa shape index (κ2) is 19.6. The molecule has 0 spiro atoms. The largest absolute Gasteiger partial charge is 0.453 e. The Hall–Kier alpha value is -4.44. The van der Waals surface area contributed by atoms with Crippen LogP contribution in [0.3, 0.4) is 0 Å². The van der Waals surface area contributed by atoms with E-state index in [1.54, 1.807) is 25.7 Å². The first-order valence-corrected chi connectivity index (χ1v) is 18.8. The van der Waals surface area contributed by atoms with Gasteiger partial charge in [0, 0.05) is 6.04 Å². The molecule has 1 aliphatic heterocycles. The third kappa shape index (κ3) is 11.5. The standard InChI is InChI=1S/C36H59N7O10/c1-7-13-22(27(44)29(37)45)39-31(47)25-18-21-16-11-12-17-24(21)43(25)33(49)28(36(2,3)4)42-32(48)26(20-14-9-8-10-15-20)41-30(46)23(40-35(51)53-6)19-38-34(50)52-5/h20-26,28H,7-19H2,1-6H3,(H2,37,45)(H,38,50)(H,39,47)(H,40,51)(H,41,46)(H,42,48)/t21?,22?,23?,24?,25-,26?,28+/m0/s1. The number of nitrogens with one attached hydrogen (secondary N) is 5. The van der Waals surface area contributed by atoms with E-state index in [0.717, 1.165) is 52.7 Å². The van der Waals surface area contributed by atoms with Gasteiger partial charge in [0.2, 0.25) is 29.4 Å². The first-order chi connectivity index (χ1) is 25.0. The van der Waals surface area contributed by atoms with E-state index in [-0.39, 0.29) is 30.8 Å². The first kappa shape index (κ1) is 43.0. The van der Waals surface area contributed by atoms with E-state index >= 15 is 0 Å². The molecule has 0 aromatic heterocycles. The van der Waals surface area contributed by atoms with E-state index in [1.165, 1.54) is 0 Å². The number of fused-ring (bicyclic) bond motifs is 1. The van der Waals surface area contributed by atoms with Crippen molar-refractivity contribution in [2.24, 2.45) is 23.0 Å². The minimum atomic E-state index is -1.33. The number of ether oxygens (including phenoxy) is 2. The van der Waals surface area contributed by atoms with Crippen molar-refractivity contribution in [3.05, 3.63) is 0 Å². The monoisotopic (exact) mass is 749 g/mol. The van der Waals surface area contributed by atoms with Crippen molar-refractivity contribution in [2.45, 2.75) is 141 Å². The van der Waals surface area contributed by atoms with Crippen LogP contribution in [0.5, 0.6) is 0 Å². The third-order valence-corrected chi connectivity index (χ3v) is 10.6. The summed E-state index contributed by atoms with van der Waals surface area (Å²) >= 11 is 0. The van der Waals surface area contributed by atoms with Gasteiger partial charge in [0.1, 0.15) is 24.2 Å². The molecule has 0 aromatic carbocycles. The Bertz CT molecular complexity index is 1360. The molecule has 7 atom stereocenters. The highest BCUT2D eigenvalue weighted by Gasteiger charge is 2.51. The lowest BCUT2D eigenvalue weighted by atomic mass is 9.81. The number of Topliss-reactive ketones (excluding diaryl/α,β-unsaturated/α-hetero) is 1. The number of ketones is 1. The molecule has 2 aliphatic carbocycles. The molecule has 0 radical (unpaired) electrons. The molecule has 7 amide bonds. The Labute approximate surface area is 311 Å². The molecule has 17 nitrogen and oxygen atoms in total. The smallest absolute Gasteiger partial charge is 0.407 e. The van der Waals surface area contributed by atoms with Crippen molar-refractivity contribution in [3.63, 3.8) is 0 Å². The van der Waals surface area contributed by atoms with Crippen LogP contribution < -0.4 is 32.3 Å². The molecular weight excluding hydrogens is 690 g/mol. The van der Waals surface area contributed by atoms with E-state index in [0.29, 0.717) is 32.1 Å². The van der Waals surface area contributed by atoms with Gasteiger partial charge >= 0.3 is 12.2 Å². The molecule has 0 bridgehead atoms. The number of nitrogens with zero attached hydrogens (tertiary/aromatic N) is 1. The summed E-state index contributed by atoms with van der Waals surface area (Å²) in [5.41, 5.74) is 4.42. The van der Waals surface area contributed by atoms with Crippen molar-refractivity contribution in [2.75, 3.05) is 20.8 Å². The fourth-order valence-electron chi connectivity index (χ4n) is 7.82. The van der Waals surface area contributed by atoms with Crippen molar-refractivity contribution >= 4 is 47.5 Å². The zero-order chi connectivity index (χ0) is 39.5. The van der Waals surface area contributed by atoms with Gasteiger partial charge in [0.05, 0.1) is 26.8 Å². The maximum atomic E-state index is 14.8. The normalized spacial score (nSPS) is 22.5. The van der Waals surface area contributed by atoms with Crippen molar-refractivity contribution in [1.29, 1.82) is 0 Å². The minimum absolute atomic E-state index is 0.0309. The highest BCUT2D eigenvalue weighted by atomic mass is 16.5. The molecule has 53 heavy (non-hydrogen) atoms. The summed E-state index contributed by atoms with van der Waals surface area (Å²) in [4.78, 5) is 107. The molecule has 3 rings (SSSR count). The molecule has 7 N–H and O–H groups in total. The van der Waals surface area contributed by atoms with Crippen LogP contribution in [0.25, 0.3) is 0 Å². The molecular formula is C36H59N7O10. The van der Waals surface area contributed by atoms with Gasteiger partial charge in [-0.25, -0.2) is 9.59 Å². The Morgan fingerprint density at radius 3 is 1.98 bits per heavy atom. The van der Waals surface area contributed by atoms with Crippen LogP contribution in [0.1, 0.15) is 105 Å². The predicted molar refractivity (Wildman–Crippen MR) is 192 cm³/mol. The molecule has 0 aromatic rings. The summed E-state index contributed by atoms with van der Waals surface area (Å²) < 4.78 is 9.24. The zero-order valence-electron chi connectivity index (χ0n) is 31.9. The number of rotatable bonds is 15. The van der Waals surface area contributed by atoms with E-state index in [1.807, 2.05) is 6.92 Å². The first-order valence-electron chi connectivity index (χ1n) is 18.8. The summed E-state index contributed by atoms with van der Waals surface area (Å²) in [7, 11) is 2.27. The number of primary amides is 1. The lowest BCUT2D eigenvalue weighted by molar-refractivity contribution is -0.147. The van der Waals surface area contributed by atoms with E-state index < -0.39 is 83.1 Å². The number of amides is 7. The van der Waals surface area contributed by atoms with Crippen molar-refractivity contribution < 1.29 is 47.8 Å². The van der Waals surface area contributed by atoms with Crippen LogP contribution >= 0.6 is 0 Å². The minimum Gasteiger partial charge on any atom is -0.453 e. The Kier molecular flexibility index (Phi) is 15.9. The number of likely N-dealkylation sites (tertiary alicyclic amines) is 1. The summed E-state index contributed by atoms with van der Waals surface area (Å²) in [5, 5.41) is 13.2. The van der Waals surface area contributed by atoms with Crippen LogP contribution in [0.15, 0.2) is 0 Å². The maximum Gasteiger partial charge on any atom is 0.407 e. The summed E-state index contributed by atoms with van der Waals surface area (Å²) in [6, 6.07) is -5.90.